The molecule has 0 aliphatic rings. The number of benzene rings is 3. The fraction of sp³-hybridized carbons (Fsp3) is 0. The van der Waals surface area contributed by atoms with Crippen LogP contribution in [0.3, 0.4) is 0 Å². The minimum Gasteiger partial charge on any atom is -0.416 e. The van der Waals surface area contributed by atoms with Crippen LogP contribution in [0.2, 0.25) is 20.1 Å². The van der Waals surface area contributed by atoms with Gasteiger partial charge in [-0.1, -0.05) is 94.9 Å². The first-order valence-electron chi connectivity index (χ1n) is 7.26. The van der Waals surface area contributed by atoms with Gasteiger partial charge in [-0.15, -0.1) is 0 Å². The maximum atomic E-state index is 11.8. The average Bonchev–Trinajstić information content (AvgIpc) is 2.65. The number of hydrogen-bond acceptors (Lipinski definition) is 3. The van der Waals surface area contributed by atoms with Crippen LogP contribution in [-0.2, 0) is 4.57 Å². The van der Waals surface area contributed by atoms with E-state index >= 15 is 0 Å². The molecule has 0 fully saturated rings. The van der Waals surface area contributed by atoms with Crippen molar-refractivity contribution < 1.29 is 13.6 Å². The predicted molar refractivity (Wildman–Crippen MR) is 110 cm³/mol. The molecule has 136 valence electrons. The van der Waals surface area contributed by atoms with Crippen molar-refractivity contribution in [2.75, 3.05) is 0 Å². The summed E-state index contributed by atoms with van der Waals surface area (Å²) in [5, 5.41) is 0.904. The van der Waals surface area contributed by atoms with E-state index in [1.807, 2.05) is 36.4 Å². The lowest BCUT2D eigenvalue weighted by atomic mass is 10.3. The molecular weight excluding hydrogens is 437 g/mol. The van der Waals surface area contributed by atoms with E-state index in [4.69, 9.17) is 55.5 Å². The minimum absolute atomic E-state index is 0.160. The standard InChI is InChI=1S/C12H7Cl4O3P.C6H6/c13-7-3-1-5-9(11(7)15)18-20(17)19-10-6-2-4-8(14)12(10)16;1-2-4-6-5-3-1/h1-6,20H;1-6H. The minimum atomic E-state index is -2.91. The van der Waals surface area contributed by atoms with E-state index in [1.54, 1.807) is 24.3 Å². The molecule has 3 aromatic carbocycles. The van der Waals surface area contributed by atoms with E-state index in [0.717, 1.165) is 0 Å². The molecule has 3 rings (SSSR count). The maximum Gasteiger partial charge on any atom is 0.419 e. The largest absolute Gasteiger partial charge is 0.419 e. The van der Waals surface area contributed by atoms with Crippen LogP contribution in [0.5, 0.6) is 11.5 Å². The van der Waals surface area contributed by atoms with Crippen LogP contribution in [0.15, 0.2) is 72.8 Å². The van der Waals surface area contributed by atoms with Crippen LogP contribution in [0.25, 0.3) is 0 Å². The van der Waals surface area contributed by atoms with Gasteiger partial charge in [0.25, 0.3) is 0 Å². The third-order valence-corrected chi connectivity index (χ3v) is 5.26. The second-order valence-corrected chi connectivity index (χ2v) is 7.19. The van der Waals surface area contributed by atoms with Gasteiger partial charge in [0.05, 0.1) is 10.0 Å². The zero-order valence-corrected chi connectivity index (χ0v) is 17.2. The van der Waals surface area contributed by atoms with Gasteiger partial charge in [0.15, 0.2) is 0 Å². The van der Waals surface area contributed by atoms with Gasteiger partial charge in [0, 0.05) is 0 Å². The van der Waals surface area contributed by atoms with Crippen LogP contribution in [-0.4, -0.2) is 0 Å². The third-order valence-electron chi connectivity index (χ3n) is 2.89. The average molecular weight is 450 g/mol. The normalized spacial score (nSPS) is 10.0. The van der Waals surface area contributed by atoms with E-state index in [9.17, 15) is 4.57 Å². The second-order valence-electron chi connectivity index (χ2n) is 4.71. The monoisotopic (exact) mass is 448 g/mol. The number of hydrogen-bond donors (Lipinski definition) is 0. The summed E-state index contributed by atoms with van der Waals surface area (Å²) >= 11 is 23.5. The maximum absolute atomic E-state index is 11.8. The predicted octanol–water partition coefficient (Wildman–Crippen LogP) is 7.83. The Balaban J connectivity index is 0.000000342. The lowest BCUT2D eigenvalue weighted by Crippen LogP contribution is -1.90. The van der Waals surface area contributed by atoms with Crippen molar-refractivity contribution in [3.05, 3.63) is 92.9 Å². The Morgan fingerprint density at radius 3 is 1.27 bits per heavy atom. The highest BCUT2D eigenvalue weighted by atomic mass is 35.5. The van der Waals surface area contributed by atoms with Crippen LogP contribution < -0.4 is 9.05 Å². The van der Waals surface area contributed by atoms with Crippen molar-refractivity contribution in [1.82, 2.24) is 0 Å². The molecule has 0 atom stereocenters. The van der Waals surface area contributed by atoms with Gasteiger partial charge >= 0.3 is 8.25 Å². The van der Waals surface area contributed by atoms with Gasteiger partial charge in [-0.3, -0.25) is 0 Å². The third kappa shape index (κ3) is 6.42. The quantitative estimate of drug-likeness (QED) is 0.380. The van der Waals surface area contributed by atoms with Crippen molar-refractivity contribution in [2.24, 2.45) is 0 Å². The topological polar surface area (TPSA) is 35.5 Å². The summed E-state index contributed by atoms with van der Waals surface area (Å²) in [5.41, 5.74) is 0. The smallest absolute Gasteiger partial charge is 0.416 e. The molecule has 0 bridgehead atoms. The van der Waals surface area contributed by atoms with Gasteiger partial charge in [0.1, 0.15) is 21.5 Å². The Kier molecular flexibility index (Phi) is 8.64. The molecule has 0 radical (unpaired) electrons. The molecule has 0 N–H and O–H groups in total. The molecule has 0 spiro atoms. The highest BCUT2D eigenvalue weighted by Gasteiger charge is 2.12. The van der Waals surface area contributed by atoms with Gasteiger partial charge in [-0.25, -0.2) is 4.57 Å². The molecule has 0 heterocycles. The summed E-state index contributed by atoms with van der Waals surface area (Å²) in [6.45, 7) is 0. The van der Waals surface area contributed by atoms with E-state index in [2.05, 4.69) is 0 Å². The summed E-state index contributed by atoms with van der Waals surface area (Å²) in [5.74, 6) is 0.336. The molecular formula is C18H13Cl4O3P. The zero-order chi connectivity index (χ0) is 18.9. The number of rotatable bonds is 4. The molecule has 0 unspecified atom stereocenters. The highest BCUT2D eigenvalue weighted by Crippen LogP contribution is 2.40. The second kappa shape index (κ2) is 10.7. The van der Waals surface area contributed by atoms with E-state index in [0.29, 0.717) is 10.0 Å². The first kappa shape index (κ1) is 21.0. The van der Waals surface area contributed by atoms with Crippen molar-refractivity contribution in [2.45, 2.75) is 0 Å². The first-order valence-corrected chi connectivity index (χ1v) is 10.0. The van der Waals surface area contributed by atoms with E-state index in [-0.39, 0.29) is 21.5 Å². The highest BCUT2D eigenvalue weighted by molar-refractivity contribution is 7.34. The Labute approximate surface area is 172 Å². The van der Waals surface area contributed by atoms with Crippen molar-refractivity contribution in [3.63, 3.8) is 0 Å². The molecule has 0 saturated heterocycles. The summed E-state index contributed by atoms with van der Waals surface area (Å²) < 4.78 is 22.1. The molecule has 8 heteroatoms. The van der Waals surface area contributed by atoms with Gasteiger partial charge in [-0.2, -0.15) is 0 Å². The van der Waals surface area contributed by atoms with Gasteiger partial charge in [0.2, 0.25) is 0 Å². The molecule has 0 amide bonds. The lowest BCUT2D eigenvalue weighted by Gasteiger charge is -2.11. The molecule has 3 nitrogen and oxygen atoms in total. The van der Waals surface area contributed by atoms with Gasteiger partial charge < -0.3 is 9.05 Å². The SMILES string of the molecule is O=[PH](Oc1cccc(Cl)c1Cl)Oc1cccc(Cl)c1Cl.c1ccccc1. The Morgan fingerprint density at radius 2 is 0.923 bits per heavy atom. The molecule has 0 aromatic heterocycles. The first-order chi connectivity index (χ1) is 12.5. The Bertz CT molecular complexity index is 793. The lowest BCUT2D eigenvalue weighted by molar-refractivity contribution is 0.416. The van der Waals surface area contributed by atoms with Crippen LogP contribution in [0.1, 0.15) is 0 Å². The Morgan fingerprint density at radius 1 is 0.577 bits per heavy atom. The summed E-state index contributed by atoms with van der Waals surface area (Å²) in [4.78, 5) is 0. The van der Waals surface area contributed by atoms with Crippen molar-refractivity contribution in [1.29, 1.82) is 0 Å². The number of halogens is 4. The summed E-state index contributed by atoms with van der Waals surface area (Å²) in [6.07, 6.45) is 0. The van der Waals surface area contributed by atoms with Crippen LogP contribution >= 0.6 is 54.7 Å². The Hall–Kier alpha value is -1.35. The molecule has 0 saturated carbocycles. The summed E-state index contributed by atoms with van der Waals surface area (Å²) in [6, 6.07) is 21.5. The van der Waals surface area contributed by atoms with Gasteiger partial charge in [-0.05, 0) is 24.3 Å². The van der Waals surface area contributed by atoms with Crippen molar-refractivity contribution in [3.8, 4) is 11.5 Å². The fourth-order valence-electron chi connectivity index (χ4n) is 1.71. The van der Waals surface area contributed by atoms with E-state index < -0.39 is 8.25 Å². The van der Waals surface area contributed by atoms with Crippen molar-refractivity contribution >= 4 is 54.7 Å². The van der Waals surface area contributed by atoms with Crippen LogP contribution in [0.4, 0.5) is 0 Å². The summed E-state index contributed by atoms with van der Waals surface area (Å²) in [7, 11) is -2.91. The van der Waals surface area contributed by atoms with Crippen LogP contribution in [0, 0.1) is 0 Å². The molecule has 3 aromatic rings. The molecule has 0 aliphatic heterocycles. The molecule has 0 aliphatic carbocycles. The zero-order valence-electron chi connectivity index (χ0n) is 13.2. The fourth-order valence-corrected chi connectivity index (χ4v) is 3.24. The van der Waals surface area contributed by atoms with E-state index in [1.165, 1.54) is 12.1 Å². The molecule has 26 heavy (non-hydrogen) atoms.